The van der Waals surface area contributed by atoms with Crippen LogP contribution in [0.3, 0.4) is 0 Å². The van der Waals surface area contributed by atoms with Gasteiger partial charge in [0.1, 0.15) is 6.61 Å². The smallest absolute Gasteiger partial charge is 0.411 e. The van der Waals surface area contributed by atoms with Gasteiger partial charge in [-0.05, 0) is 41.5 Å². The summed E-state index contributed by atoms with van der Waals surface area (Å²) < 4.78 is 5.20. The maximum Gasteiger partial charge on any atom is 0.411 e. The Morgan fingerprint density at radius 2 is 1.59 bits per heavy atom. The fourth-order valence-electron chi connectivity index (χ4n) is 2.86. The highest BCUT2D eigenvalue weighted by molar-refractivity contribution is 6.31. The molecule has 0 spiro atoms. The Kier molecular flexibility index (Phi) is 7.83. The van der Waals surface area contributed by atoms with Crippen molar-refractivity contribution in [1.82, 2.24) is 5.32 Å². The maximum atomic E-state index is 12.7. The van der Waals surface area contributed by atoms with Crippen molar-refractivity contribution in [2.24, 2.45) is 0 Å². The number of hydrogen-bond donors (Lipinski definition) is 3. The lowest BCUT2D eigenvalue weighted by Crippen LogP contribution is -2.19. The van der Waals surface area contributed by atoms with E-state index in [9.17, 15) is 14.4 Å². The molecule has 0 aliphatic heterocycles. The van der Waals surface area contributed by atoms with E-state index in [4.69, 9.17) is 16.3 Å². The maximum absolute atomic E-state index is 12.7. The summed E-state index contributed by atoms with van der Waals surface area (Å²) in [5.41, 5.74) is 2.86. The Balaban J connectivity index is 1.63. The van der Waals surface area contributed by atoms with Crippen LogP contribution in [-0.2, 0) is 22.7 Å². The standard InChI is InChI=1S/C24H22ClN3O4/c1-16(29)26-14-18-8-5-9-21(10-18)27-23(30)19-11-20(25)13-22(12-19)28-24(31)32-15-17-6-3-2-4-7-17/h2-13H,14-15H2,1H3,(H,26,29)(H,27,30)(H,28,31). The zero-order valence-corrected chi connectivity index (χ0v) is 18.1. The first-order chi connectivity index (χ1) is 15.4. The van der Waals surface area contributed by atoms with Gasteiger partial charge in [0, 0.05) is 35.4 Å². The molecule has 3 aromatic rings. The molecule has 0 unspecified atom stereocenters. The number of carbonyl (C=O) groups excluding carboxylic acids is 3. The lowest BCUT2D eigenvalue weighted by Gasteiger charge is -2.11. The minimum atomic E-state index is -0.659. The van der Waals surface area contributed by atoms with E-state index in [-0.39, 0.29) is 23.1 Å². The fraction of sp³-hybridized carbons (Fsp3) is 0.125. The summed E-state index contributed by atoms with van der Waals surface area (Å²) in [5.74, 6) is -0.537. The molecule has 0 radical (unpaired) electrons. The molecule has 8 heteroatoms. The number of nitrogens with one attached hydrogen (secondary N) is 3. The summed E-state index contributed by atoms with van der Waals surface area (Å²) in [6.45, 7) is 1.92. The third kappa shape index (κ3) is 7.14. The normalized spacial score (nSPS) is 10.2. The van der Waals surface area contributed by atoms with Gasteiger partial charge >= 0.3 is 6.09 Å². The molecule has 0 heterocycles. The van der Waals surface area contributed by atoms with E-state index < -0.39 is 12.0 Å². The topological polar surface area (TPSA) is 96.5 Å². The van der Waals surface area contributed by atoms with Crippen LogP contribution in [0, 0.1) is 0 Å². The van der Waals surface area contributed by atoms with Crippen LogP contribution in [0.2, 0.25) is 5.02 Å². The zero-order chi connectivity index (χ0) is 22.9. The second-order valence-electron chi connectivity index (χ2n) is 6.98. The second-order valence-corrected chi connectivity index (χ2v) is 7.42. The predicted molar refractivity (Wildman–Crippen MR) is 124 cm³/mol. The van der Waals surface area contributed by atoms with Gasteiger partial charge in [-0.2, -0.15) is 0 Å². The van der Waals surface area contributed by atoms with Crippen molar-refractivity contribution >= 4 is 40.9 Å². The quantitative estimate of drug-likeness (QED) is 0.472. The van der Waals surface area contributed by atoms with Gasteiger partial charge in [0.15, 0.2) is 0 Å². The third-order valence-electron chi connectivity index (χ3n) is 4.35. The van der Waals surface area contributed by atoms with Gasteiger partial charge in [-0.1, -0.05) is 54.1 Å². The highest BCUT2D eigenvalue weighted by Crippen LogP contribution is 2.21. The molecule has 0 saturated carbocycles. The van der Waals surface area contributed by atoms with Crippen molar-refractivity contribution in [2.45, 2.75) is 20.1 Å². The Labute approximate surface area is 190 Å². The van der Waals surface area contributed by atoms with Gasteiger partial charge in [0.05, 0.1) is 0 Å². The van der Waals surface area contributed by atoms with Gasteiger partial charge in [-0.15, -0.1) is 0 Å². The number of amides is 3. The van der Waals surface area contributed by atoms with E-state index in [0.29, 0.717) is 17.9 Å². The van der Waals surface area contributed by atoms with Crippen LogP contribution in [0.5, 0.6) is 0 Å². The minimum absolute atomic E-state index is 0.120. The van der Waals surface area contributed by atoms with E-state index in [1.165, 1.54) is 25.1 Å². The molecule has 0 aliphatic rings. The summed E-state index contributed by atoms with van der Waals surface area (Å²) in [4.78, 5) is 35.9. The molecule has 3 aromatic carbocycles. The second kappa shape index (κ2) is 11.0. The van der Waals surface area contributed by atoms with E-state index in [1.807, 2.05) is 36.4 Å². The number of rotatable bonds is 7. The van der Waals surface area contributed by atoms with Gasteiger partial charge in [0.2, 0.25) is 5.91 Å². The molecule has 3 N–H and O–H groups in total. The summed E-state index contributed by atoms with van der Waals surface area (Å²) in [6, 6.07) is 20.9. The molecule has 164 valence electrons. The molecule has 0 bridgehead atoms. The summed E-state index contributed by atoms with van der Waals surface area (Å²) in [6.07, 6.45) is -0.659. The van der Waals surface area contributed by atoms with Crippen molar-refractivity contribution in [3.63, 3.8) is 0 Å². The lowest BCUT2D eigenvalue weighted by atomic mass is 10.1. The molecule has 32 heavy (non-hydrogen) atoms. The predicted octanol–water partition coefficient (Wildman–Crippen LogP) is 4.98. The SMILES string of the molecule is CC(=O)NCc1cccc(NC(=O)c2cc(Cl)cc(NC(=O)OCc3ccccc3)c2)c1. The van der Waals surface area contributed by atoms with Crippen LogP contribution in [0.4, 0.5) is 16.2 Å². The lowest BCUT2D eigenvalue weighted by molar-refractivity contribution is -0.119. The Bertz CT molecular complexity index is 1120. The van der Waals surface area contributed by atoms with Crippen molar-refractivity contribution in [3.05, 3.63) is 94.5 Å². The zero-order valence-electron chi connectivity index (χ0n) is 17.4. The molecular weight excluding hydrogens is 430 g/mol. The fourth-order valence-corrected chi connectivity index (χ4v) is 3.09. The first-order valence-electron chi connectivity index (χ1n) is 9.82. The third-order valence-corrected chi connectivity index (χ3v) is 4.56. The van der Waals surface area contributed by atoms with Crippen LogP contribution < -0.4 is 16.0 Å². The van der Waals surface area contributed by atoms with Crippen molar-refractivity contribution in [2.75, 3.05) is 10.6 Å². The molecule has 0 fully saturated rings. The average molecular weight is 452 g/mol. The van der Waals surface area contributed by atoms with E-state index >= 15 is 0 Å². The molecule has 0 atom stereocenters. The van der Waals surface area contributed by atoms with Crippen LogP contribution >= 0.6 is 11.6 Å². The minimum Gasteiger partial charge on any atom is -0.444 e. The number of benzene rings is 3. The van der Waals surface area contributed by atoms with Crippen molar-refractivity contribution in [3.8, 4) is 0 Å². The molecule has 0 aliphatic carbocycles. The van der Waals surface area contributed by atoms with E-state index in [0.717, 1.165) is 11.1 Å². The van der Waals surface area contributed by atoms with Crippen LogP contribution in [-0.4, -0.2) is 17.9 Å². The van der Waals surface area contributed by atoms with Crippen LogP contribution in [0.1, 0.15) is 28.4 Å². The van der Waals surface area contributed by atoms with Gasteiger partial charge in [-0.25, -0.2) is 4.79 Å². The Morgan fingerprint density at radius 1 is 0.844 bits per heavy atom. The van der Waals surface area contributed by atoms with Crippen LogP contribution in [0.25, 0.3) is 0 Å². The first-order valence-corrected chi connectivity index (χ1v) is 10.2. The highest BCUT2D eigenvalue weighted by atomic mass is 35.5. The monoisotopic (exact) mass is 451 g/mol. The number of halogens is 1. The van der Waals surface area contributed by atoms with Gasteiger partial charge in [-0.3, -0.25) is 14.9 Å². The molecule has 3 amide bonds. The Hall–Kier alpha value is -3.84. The molecular formula is C24H22ClN3O4. The largest absolute Gasteiger partial charge is 0.444 e. The summed E-state index contributed by atoms with van der Waals surface area (Å²) in [5, 5.41) is 8.36. The summed E-state index contributed by atoms with van der Waals surface area (Å²) >= 11 is 6.14. The average Bonchev–Trinajstić information content (AvgIpc) is 2.77. The van der Waals surface area contributed by atoms with Crippen molar-refractivity contribution in [1.29, 1.82) is 0 Å². The molecule has 0 aromatic heterocycles. The van der Waals surface area contributed by atoms with Gasteiger partial charge in [0.25, 0.3) is 5.91 Å². The molecule has 7 nitrogen and oxygen atoms in total. The van der Waals surface area contributed by atoms with Gasteiger partial charge < -0.3 is 15.4 Å². The highest BCUT2D eigenvalue weighted by Gasteiger charge is 2.12. The van der Waals surface area contributed by atoms with E-state index in [1.54, 1.807) is 18.2 Å². The number of hydrogen-bond acceptors (Lipinski definition) is 4. The molecule has 3 rings (SSSR count). The van der Waals surface area contributed by atoms with Crippen LogP contribution in [0.15, 0.2) is 72.8 Å². The summed E-state index contributed by atoms with van der Waals surface area (Å²) in [7, 11) is 0. The Morgan fingerprint density at radius 3 is 2.34 bits per heavy atom. The van der Waals surface area contributed by atoms with E-state index in [2.05, 4.69) is 16.0 Å². The van der Waals surface area contributed by atoms with Crippen molar-refractivity contribution < 1.29 is 19.1 Å². The molecule has 0 saturated heterocycles. The number of anilines is 2. The number of ether oxygens (including phenoxy) is 1. The number of carbonyl (C=O) groups is 3. The first kappa shape index (κ1) is 22.8.